The number of hydrogen-bond donors (Lipinski definition) is 0. The Morgan fingerprint density at radius 1 is 1.29 bits per heavy atom. The first-order valence-electron chi connectivity index (χ1n) is 4.26. The van der Waals surface area contributed by atoms with Gasteiger partial charge in [0.25, 0.3) is 0 Å². The first-order chi connectivity index (χ1) is 6.95. The summed E-state index contributed by atoms with van der Waals surface area (Å²) < 4.78 is 7.21. The molecule has 0 aliphatic rings. The molecule has 3 aromatic rings. The van der Waals surface area contributed by atoms with Crippen LogP contribution in [0.25, 0.3) is 17.1 Å². The molecule has 4 nitrogen and oxygen atoms in total. The van der Waals surface area contributed by atoms with Gasteiger partial charge in [-0.1, -0.05) is 0 Å². The summed E-state index contributed by atoms with van der Waals surface area (Å²) in [5.74, 6) is 0.815. The summed E-state index contributed by atoms with van der Waals surface area (Å²) in [6.45, 7) is 0. The molecular formula is C10H7N3O. The molecule has 0 aliphatic carbocycles. The molecule has 0 spiro atoms. The van der Waals surface area contributed by atoms with Crippen molar-refractivity contribution >= 4 is 5.65 Å². The van der Waals surface area contributed by atoms with Crippen LogP contribution in [0, 0.1) is 0 Å². The third kappa shape index (κ3) is 0.939. The van der Waals surface area contributed by atoms with Gasteiger partial charge in [0.15, 0.2) is 11.4 Å². The molecule has 0 atom stereocenters. The summed E-state index contributed by atoms with van der Waals surface area (Å²) in [5.41, 5.74) is 1.77. The van der Waals surface area contributed by atoms with Gasteiger partial charge in [-0.3, -0.25) is 4.40 Å². The standard InChI is InChI=1S/C10H7N3O/c1-2-9(14-5-1)8-3-4-12-10-6-11-7-13(8)10/h1-7H. The monoisotopic (exact) mass is 185 g/mol. The van der Waals surface area contributed by atoms with Gasteiger partial charge in [0, 0.05) is 6.20 Å². The van der Waals surface area contributed by atoms with Gasteiger partial charge >= 0.3 is 0 Å². The predicted molar refractivity (Wildman–Crippen MR) is 50.7 cm³/mol. The fourth-order valence-electron chi connectivity index (χ4n) is 1.46. The SMILES string of the molecule is c1coc(-c2ccnc3cncn23)c1. The van der Waals surface area contributed by atoms with E-state index >= 15 is 0 Å². The Labute approximate surface area is 79.8 Å². The van der Waals surface area contributed by atoms with Gasteiger partial charge in [0.05, 0.1) is 18.2 Å². The van der Waals surface area contributed by atoms with Gasteiger partial charge in [0.1, 0.15) is 6.33 Å². The Kier molecular flexibility index (Phi) is 1.41. The molecule has 0 bridgehead atoms. The van der Waals surface area contributed by atoms with Gasteiger partial charge in [0.2, 0.25) is 0 Å². The van der Waals surface area contributed by atoms with Gasteiger partial charge in [-0.2, -0.15) is 0 Å². The second-order valence-electron chi connectivity index (χ2n) is 2.93. The number of hydrogen-bond acceptors (Lipinski definition) is 3. The quantitative estimate of drug-likeness (QED) is 0.582. The van der Waals surface area contributed by atoms with E-state index < -0.39 is 0 Å². The summed E-state index contributed by atoms with van der Waals surface area (Å²) in [6.07, 6.45) is 6.83. The summed E-state index contributed by atoms with van der Waals surface area (Å²) in [4.78, 5) is 8.20. The molecule has 3 heterocycles. The fourth-order valence-corrected chi connectivity index (χ4v) is 1.46. The van der Waals surface area contributed by atoms with Gasteiger partial charge < -0.3 is 4.42 Å². The van der Waals surface area contributed by atoms with Crippen molar-refractivity contribution in [3.63, 3.8) is 0 Å². The number of imidazole rings is 1. The van der Waals surface area contributed by atoms with E-state index in [2.05, 4.69) is 9.97 Å². The molecule has 4 heteroatoms. The average Bonchev–Trinajstić information content (AvgIpc) is 2.88. The minimum atomic E-state index is 0.815. The molecule has 0 saturated carbocycles. The van der Waals surface area contributed by atoms with Crippen LogP contribution in [0.3, 0.4) is 0 Å². The fraction of sp³-hybridized carbons (Fsp3) is 0. The number of fused-ring (bicyclic) bond motifs is 1. The Morgan fingerprint density at radius 3 is 3.14 bits per heavy atom. The highest BCUT2D eigenvalue weighted by Crippen LogP contribution is 2.19. The van der Waals surface area contributed by atoms with E-state index in [1.807, 2.05) is 22.6 Å². The van der Waals surface area contributed by atoms with Crippen LogP contribution >= 0.6 is 0 Å². The minimum Gasteiger partial charge on any atom is -0.463 e. The zero-order valence-electron chi connectivity index (χ0n) is 7.29. The molecule has 0 amide bonds. The van der Waals surface area contributed by atoms with Crippen molar-refractivity contribution in [1.29, 1.82) is 0 Å². The van der Waals surface area contributed by atoms with Crippen molar-refractivity contribution in [3.8, 4) is 11.5 Å². The number of furan rings is 1. The molecule has 0 saturated heterocycles. The lowest BCUT2D eigenvalue weighted by Gasteiger charge is -2.00. The van der Waals surface area contributed by atoms with E-state index in [0.29, 0.717) is 0 Å². The first-order valence-corrected chi connectivity index (χ1v) is 4.26. The number of rotatable bonds is 1. The zero-order chi connectivity index (χ0) is 9.38. The molecular weight excluding hydrogens is 178 g/mol. The Hall–Kier alpha value is -2.10. The van der Waals surface area contributed by atoms with Crippen LogP contribution in [-0.4, -0.2) is 14.4 Å². The van der Waals surface area contributed by atoms with Crippen molar-refractivity contribution in [3.05, 3.63) is 43.2 Å². The maximum Gasteiger partial charge on any atom is 0.156 e. The smallest absolute Gasteiger partial charge is 0.156 e. The minimum absolute atomic E-state index is 0.815. The second-order valence-corrected chi connectivity index (χ2v) is 2.93. The summed E-state index contributed by atoms with van der Waals surface area (Å²) in [5, 5.41) is 0. The van der Waals surface area contributed by atoms with Crippen LogP contribution in [0.1, 0.15) is 0 Å². The van der Waals surface area contributed by atoms with Gasteiger partial charge in [-0.15, -0.1) is 0 Å². The van der Waals surface area contributed by atoms with Crippen LogP contribution in [0.15, 0.2) is 47.6 Å². The highest BCUT2D eigenvalue weighted by atomic mass is 16.3. The number of nitrogens with zero attached hydrogens (tertiary/aromatic N) is 3. The molecule has 0 fully saturated rings. The number of aromatic nitrogens is 3. The zero-order valence-corrected chi connectivity index (χ0v) is 7.29. The highest BCUT2D eigenvalue weighted by Gasteiger charge is 2.05. The van der Waals surface area contributed by atoms with E-state index in [0.717, 1.165) is 17.1 Å². The Balaban J connectivity index is 2.36. The molecule has 68 valence electrons. The largest absolute Gasteiger partial charge is 0.463 e. The molecule has 0 radical (unpaired) electrons. The lowest BCUT2D eigenvalue weighted by molar-refractivity contribution is 0.579. The summed E-state index contributed by atoms with van der Waals surface area (Å²) in [7, 11) is 0. The van der Waals surface area contributed by atoms with Crippen LogP contribution in [-0.2, 0) is 0 Å². The highest BCUT2D eigenvalue weighted by molar-refractivity contribution is 5.56. The van der Waals surface area contributed by atoms with Gasteiger partial charge in [-0.25, -0.2) is 9.97 Å². The molecule has 0 aromatic carbocycles. The van der Waals surface area contributed by atoms with Crippen LogP contribution in [0.4, 0.5) is 0 Å². The molecule has 0 N–H and O–H groups in total. The van der Waals surface area contributed by atoms with Crippen molar-refractivity contribution in [2.24, 2.45) is 0 Å². The third-order valence-electron chi connectivity index (χ3n) is 2.09. The van der Waals surface area contributed by atoms with Crippen LogP contribution in [0.5, 0.6) is 0 Å². The van der Waals surface area contributed by atoms with Crippen molar-refractivity contribution in [1.82, 2.24) is 14.4 Å². The summed E-state index contributed by atoms with van der Waals surface area (Å²) >= 11 is 0. The lowest BCUT2D eigenvalue weighted by atomic mass is 10.3. The van der Waals surface area contributed by atoms with Crippen molar-refractivity contribution < 1.29 is 4.42 Å². The van der Waals surface area contributed by atoms with E-state index in [1.165, 1.54) is 0 Å². The molecule has 14 heavy (non-hydrogen) atoms. The Morgan fingerprint density at radius 2 is 2.29 bits per heavy atom. The van der Waals surface area contributed by atoms with Gasteiger partial charge in [-0.05, 0) is 18.2 Å². The van der Waals surface area contributed by atoms with E-state index in [1.54, 1.807) is 25.0 Å². The van der Waals surface area contributed by atoms with E-state index in [9.17, 15) is 0 Å². The molecule has 3 aromatic heterocycles. The van der Waals surface area contributed by atoms with Crippen LogP contribution in [0.2, 0.25) is 0 Å². The molecule has 0 unspecified atom stereocenters. The van der Waals surface area contributed by atoms with E-state index in [-0.39, 0.29) is 0 Å². The first kappa shape index (κ1) is 7.32. The topological polar surface area (TPSA) is 43.3 Å². The second kappa shape index (κ2) is 2.70. The average molecular weight is 185 g/mol. The van der Waals surface area contributed by atoms with Crippen molar-refractivity contribution in [2.45, 2.75) is 0 Å². The summed E-state index contributed by atoms with van der Waals surface area (Å²) in [6, 6.07) is 5.67. The maximum absolute atomic E-state index is 5.32. The van der Waals surface area contributed by atoms with Crippen molar-refractivity contribution in [2.75, 3.05) is 0 Å². The molecule has 0 aliphatic heterocycles. The Bertz CT molecular complexity index is 554. The van der Waals surface area contributed by atoms with E-state index in [4.69, 9.17) is 4.42 Å². The normalized spacial score (nSPS) is 10.9. The lowest BCUT2D eigenvalue weighted by Crippen LogP contribution is -1.90. The maximum atomic E-state index is 5.32. The third-order valence-corrected chi connectivity index (χ3v) is 2.09. The molecule has 3 rings (SSSR count). The van der Waals surface area contributed by atoms with Crippen LogP contribution < -0.4 is 0 Å². The predicted octanol–water partition coefficient (Wildman–Crippen LogP) is 1.99.